The van der Waals surface area contributed by atoms with Crippen LogP contribution in [0.1, 0.15) is 56.2 Å². The number of hydrogen-bond acceptors (Lipinski definition) is 9. The Kier molecular flexibility index (Phi) is 15.9. The monoisotopic (exact) mass is 735 g/mol. The Morgan fingerprint density at radius 3 is 1.92 bits per heavy atom. The van der Waals surface area contributed by atoms with Crippen LogP contribution in [0.25, 0.3) is 0 Å². The van der Waals surface area contributed by atoms with Gasteiger partial charge in [-0.05, 0) is 41.4 Å². The van der Waals surface area contributed by atoms with E-state index in [1.54, 1.807) is 44.2 Å². The van der Waals surface area contributed by atoms with Crippen molar-refractivity contribution in [3.63, 3.8) is 0 Å². The van der Waals surface area contributed by atoms with Crippen LogP contribution in [0.4, 0.5) is 0 Å². The number of rotatable bonds is 21. The van der Waals surface area contributed by atoms with Gasteiger partial charge in [0.25, 0.3) is 0 Å². The van der Waals surface area contributed by atoms with Crippen LogP contribution in [0.3, 0.4) is 0 Å². The fraction of sp³-hybridized carbons (Fsp3) is 0.421. The Balaban J connectivity index is 1.81. The minimum absolute atomic E-state index is 0.0811. The number of amides is 3. The van der Waals surface area contributed by atoms with Gasteiger partial charge in [0.15, 0.2) is 5.78 Å². The number of carboxylic acids is 3. The standard InChI is InChI=1S/C38H45N3O12/c1-22(2)29(38(52)40-28(18-33(46)47)12-13-31(43)39-20-34(48)49)19-30(42)36(26-14-24-10-6-7-11-25(24)15-26)41-37(51)27(16-32(44)45)17-35(50)53-21-23-8-4-3-5-9-23/h3-13,22,26-29,36H,14-21H2,1-2H3,(H,39,43)(H,40,52)(H,41,51)(H,44,45)(H,46,47)(H,48,49)/b13-12+/t27-,28-,29+,36+/m1/s1. The number of ether oxygens (including phenoxy) is 1. The van der Waals surface area contributed by atoms with Gasteiger partial charge >= 0.3 is 23.9 Å². The molecule has 284 valence electrons. The van der Waals surface area contributed by atoms with Crippen LogP contribution in [0.2, 0.25) is 0 Å². The van der Waals surface area contributed by atoms with Gasteiger partial charge in [-0.3, -0.25) is 38.4 Å². The number of carbonyl (C=O) groups is 8. The molecule has 2 aromatic rings. The average Bonchev–Trinajstić information content (AvgIpc) is 3.53. The van der Waals surface area contributed by atoms with E-state index in [2.05, 4.69) is 16.0 Å². The highest BCUT2D eigenvalue weighted by molar-refractivity contribution is 5.95. The van der Waals surface area contributed by atoms with Crippen LogP contribution < -0.4 is 16.0 Å². The number of hydrogen-bond donors (Lipinski definition) is 6. The van der Waals surface area contributed by atoms with Crippen molar-refractivity contribution < 1.29 is 58.4 Å². The van der Waals surface area contributed by atoms with Gasteiger partial charge in [-0.15, -0.1) is 0 Å². The average molecular weight is 736 g/mol. The predicted molar refractivity (Wildman–Crippen MR) is 188 cm³/mol. The summed E-state index contributed by atoms with van der Waals surface area (Å²) in [6.07, 6.45) is 0.558. The molecule has 0 heterocycles. The Hall–Kier alpha value is -5.86. The first-order valence-corrected chi connectivity index (χ1v) is 17.1. The van der Waals surface area contributed by atoms with Gasteiger partial charge in [0.05, 0.1) is 37.3 Å². The van der Waals surface area contributed by atoms with Crippen LogP contribution in [-0.4, -0.2) is 81.3 Å². The van der Waals surface area contributed by atoms with E-state index < -0.39 is 109 Å². The van der Waals surface area contributed by atoms with E-state index >= 15 is 0 Å². The lowest BCUT2D eigenvalue weighted by molar-refractivity contribution is -0.150. The Labute approximate surface area is 306 Å². The van der Waals surface area contributed by atoms with Gasteiger partial charge in [0.1, 0.15) is 13.2 Å². The van der Waals surface area contributed by atoms with E-state index in [1.165, 1.54) is 0 Å². The lowest BCUT2D eigenvalue weighted by atomic mass is 9.83. The highest BCUT2D eigenvalue weighted by Crippen LogP contribution is 2.31. The maximum Gasteiger partial charge on any atom is 0.322 e. The van der Waals surface area contributed by atoms with E-state index in [0.717, 1.165) is 23.3 Å². The molecule has 15 heteroatoms. The van der Waals surface area contributed by atoms with E-state index in [9.17, 15) is 48.6 Å². The molecule has 15 nitrogen and oxygen atoms in total. The fourth-order valence-corrected chi connectivity index (χ4v) is 6.07. The molecule has 0 aromatic heterocycles. The largest absolute Gasteiger partial charge is 0.481 e. The number of esters is 1. The summed E-state index contributed by atoms with van der Waals surface area (Å²) in [6.45, 7) is 2.61. The number of carbonyl (C=O) groups excluding carboxylic acids is 5. The number of fused-ring (bicyclic) bond motifs is 1. The normalized spacial score (nSPS) is 14.7. The summed E-state index contributed by atoms with van der Waals surface area (Å²) in [5.41, 5.74) is 2.62. The second-order valence-corrected chi connectivity index (χ2v) is 13.3. The molecule has 0 unspecified atom stereocenters. The summed E-state index contributed by atoms with van der Waals surface area (Å²) in [5, 5.41) is 35.1. The third kappa shape index (κ3) is 14.0. The summed E-state index contributed by atoms with van der Waals surface area (Å²) in [5.74, 6) is -10.9. The van der Waals surface area contributed by atoms with Gasteiger partial charge in [-0.25, -0.2) is 0 Å². The lowest BCUT2D eigenvalue weighted by Gasteiger charge is -2.28. The van der Waals surface area contributed by atoms with E-state index in [-0.39, 0.29) is 13.0 Å². The first-order chi connectivity index (χ1) is 25.1. The molecule has 3 rings (SSSR count). The Morgan fingerprint density at radius 2 is 1.36 bits per heavy atom. The van der Waals surface area contributed by atoms with Gasteiger partial charge in [-0.1, -0.05) is 74.5 Å². The quantitative estimate of drug-likeness (QED) is 0.0798. The predicted octanol–water partition coefficient (Wildman–Crippen LogP) is 2.06. The molecule has 1 aliphatic rings. The number of carboxylic acid groups (broad SMARTS) is 3. The van der Waals surface area contributed by atoms with E-state index in [0.29, 0.717) is 18.4 Å². The summed E-state index contributed by atoms with van der Waals surface area (Å²) in [7, 11) is 0. The third-order valence-electron chi connectivity index (χ3n) is 8.82. The molecule has 0 saturated heterocycles. The van der Waals surface area contributed by atoms with Crippen LogP contribution >= 0.6 is 0 Å². The summed E-state index contributed by atoms with van der Waals surface area (Å²) >= 11 is 0. The maximum absolute atomic E-state index is 14.2. The highest BCUT2D eigenvalue weighted by atomic mass is 16.5. The van der Waals surface area contributed by atoms with Gasteiger partial charge in [0, 0.05) is 18.4 Å². The first-order valence-electron chi connectivity index (χ1n) is 17.1. The maximum atomic E-state index is 14.2. The van der Waals surface area contributed by atoms with Gasteiger partial charge in [0.2, 0.25) is 17.7 Å². The summed E-state index contributed by atoms with van der Waals surface area (Å²) in [4.78, 5) is 100. The molecule has 6 N–H and O–H groups in total. The van der Waals surface area contributed by atoms with Crippen molar-refractivity contribution in [1.29, 1.82) is 0 Å². The molecular weight excluding hydrogens is 690 g/mol. The van der Waals surface area contributed by atoms with E-state index in [1.807, 2.05) is 24.3 Å². The van der Waals surface area contributed by atoms with Crippen molar-refractivity contribution in [2.24, 2.45) is 23.7 Å². The van der Waals surface area contributed by atoms with Crippen molar-refractivity contribution >= 4 is 47.4 Å². The minimum Gasteiger partial charge on any atom is -0.481 e. The number of aliphatic carboxylic acids is 3. The zero-order valence-corrected chi connectivity index (χ0v) is 29.5. The lowest BCUT2D eigenvalue weighted by Crippen LogP contribution is -2.50. The number of Topliss-reactive ketones (excluding diaryl/α,β-unsaturated/α-hetero) is 1. The molecule has 4 atom stereocenters. The molecule has 0 aliphatic heterocycles. The second kappa shape index (κ2) is 20.2. The van der Waals surface area contributed by atoms with Crippen LogP contribution in [0.15, 0.2) is 66.7 Å². The highest BCUT2D eigenvalue weighted by Gasteiger charge is 2.39. The van der Waals surface area contributed by atoms with Crippen molar-refractivity contribution in [3.8, 4) is 0 Å². The van der Waals surface area contributed by atoms with Crippen molar-refractivity contribution in [2.75, 3.05) is 6.54 Å². The zero-order valence-electron chi connectivity index (χ0n) is 29.5. The minimum atomic E-state index is -1.37. The molecule has 53 heavy (non-hydrogen) atoms. The molecule has 1 aliphatic carbocycles. The second-order valence-electron chi connectivity index (χ2n) is 13.3. The van der Waals surface area contributed by atoms with Crippen LogP contribution in [-0.2, 0) is 62.5 Å². The Morgan fingerprint density at radius 1 is 0.755 bits per heavy atom. The Bertz CT molecular complexity index is 1660. The van der Waals surface area contributed by atoms with Crippen molar-refractivity contribution in [2.45, 2.75) is 71.1 Å². The van der Waals surface area contributed by atoms with Crippen LogP contribution in [0, 0.1) is 23.7 Å². The van der Waals surface area contributed by atoms with Crippen molar-refractivity contribution in [1.82, 2.24) is 16.0 Å². The van der Waals surface area contributed by atoms with Crippen LogP contribution in [0.5, 0.6) is 0 Å². The SMILES string of the molecule is CC(C)[C@H](CC(=O)[C@@H](NC(=O)[C@H](CC(=O)O)CC(=O)OCc1ccccc1)C1Cc2ccccc2C1)C(=O)N[C@H](/C=C/C(=O)NCC(=O)O)CC(=O)O. The molecule has 0 radical (unpaired) electrons. The van der Waals surface area contributed by atoms with Crippen molar-refractivity contribution in [3.05, 3.63) is 83.4 Å². The molecule has 0 fully saturated rings. The molecule has 3 amide bonds. The molecule has 2 aromatic carbocycles. The molecular formula is C38H45N3O12. The zero-order chi connectivity index (χ0) is 39.1. The molecule has 0 bridgehead atoms. The first kappa shape index (κ1) is 41.6. The fourth-order valence-electron chi connectivity index (χ4n) is 6.07. The van der Waals surface area contributed by atoms with Gasteiger partial charge < -0.3 is 36.0 Å². The molecule has 0 saturated carbocycles. The topological polar surface area (TPSA) is 243 Å². The number of nitrogens with one attached hydrogen (secondary N) is 3. The smallest absolute Gasteiger partial charge is 0.322 e. The summed E-state index contributed by atoms with van der Waals surface area (Å²) < 4.78 is 5.29. The third-order valence-corrected chi connectivity index (χ3v) is 8.82. The molecule has 0 spiro atoms. The number of ketones is 1. The van der Waals surface area contributed by atoms with Gasteiger partial charge in [-0.2, -0.15) is 0 Å². The summed E-state index contributed by atoms with van der Waals surface area (Å²) in [6, 6.07) is 13.9. The number of benzene rings is 2. The van der Waals surface area contributed by atoms with E-state index in [4.69, 9.17) is 9.84 Å².